The summed E-state index contributed by atoms with van der Waals surface area (Å²) in [5, 5.41) is 2.63. The first-order chi connectivity index (χ1) is 10.1. The minimum Gasteiger partial charge on any atom is -0.347 e. The fourth-order valence-electron chi connectivity index (χ4n) is 2.40. The van der Waals surface area contributed by atoms with Gasteiger partial charge in [-0.25, -0.2) is 4.39 Å². The molecule has 1 aromatic carbocycles. The zero-order valence-electron chi connectivity index (χ0n) is 12.3. The number of nitrogens with one attached hydrogen (secondary N) is 1. The molecule has 1 heterocycles. The number of halogens is 1. The molecule has 0 aromatic heterocycles. The lowest BCUT2D eigenvalue weighted by Gasteiger charge is -2.29. The highest BCUT2D eigenvalue weighted by molar-refractivity contribution is 6.35. The molecule has 0 bridgehead atoms. The number of carbonyl (C=O) groups excluding carboxylic acids is 2. The van der Waals surface area contributed by atoms with Crippen LogP contribution in [0.4, 0.5) is 4.39 Å². The smallest absolute Gasteiger partial charge is 0.311 e. The second-order valence-corrected chi connectivity index (χ2v) is 5.61. The van der Waals surface area contributed by atoms with E-state index in [4.69, 9.17) is 0 Å². The second-order valence-electron chi connectivity index (χ2n) is 5.61. The first-order valence-electron chi connectivity index (χ1n) is 7.38. The van der Waals surface area contributed by atoms with Crippen LogP contribution in [0.3, 0.4) is 0 Å². The van der Waals surface area contributed by atoms with Crippen molar-refractivity contribution in [1.82, 2.24) is 10.2 Å². The summed E-state index contributed by atoms with van der Waals surface area (Å²) in [7, 11) is 0. The van der Waals surface area contributed by atoms with Crippen LogP contribution in [-0.4, -0.2) is 36.3 Å². The number of likely N-dealkylation sites (tertiary alicyclic amines) is 1. The van der Waals surface area contributed by atoms with Gasteiger partial charge in [-0.15, -0.1) is 0 Å². The largest absolute Gasteiger partial charge is 0.347 e. The topological polar surface area (TPSA) is 49.4 Å². The average molecular weight is 292 g/mol. The number of nitrogens with zero attached hydrogens (tertiary/aromatic N) is 1. The first-order valence-corrected chi connectivity index (χ1v) is 7.38. The highest BCUT2D eigenvalue weighted by Gasteiger charge is 2.24. The molecule has 0 saturated carbocycles. The summed E-state index contributed by atoms with van der Waals surface area (Å²) in [6.07, 6.45) is 2.49. The average Bonchev–Trinajstić information content (AvgIpc) is 2.49. The predicted molar refractivity (Wildman–Crippen MR) is 78.1 cm³/mol. The van der Waals surface area contributed by atoms with Crippen molar-refractivity contribution in [3.63, 3.8) is 0 Å². The highest BCUT2D eigenvalue weighted by atomic mass is 19.1. The molecule has 114 valence electrons. The summed E-state index contributed by atoms with van der Waals surface area (Å²) in [6, 6.07) is 6.12. The monoisotopic (exact) mass is 292 g/mol. The minimum atomic E-state index is -0.549. The summed E-state index contributed by atoms with van der Waals surface area (Å²) < 4.78 is 12.8. The standard InChI is InChI=1S/C16H21FN2O2/c1-12-7-10-19(11-8-12)16(21)15(20)18-9-6-13-2-4-14(17)5-3-13/h2-5,12H,6-11H2,1H3,(H,18,20). The SMILES string of the molecule is CC1CCN(C(=O)C(=O)NCCc2ccc(F)cc2)CC1. The molecule has 0 spiro atoms. The van der Waals surface area contributed by atoms with Gasteiger partial charge in [0.25, 0.3) is 0 Å². The fraction of sp³-hybridized carbons (Fsp3) is 0.500. The molecule has 4 nitrogen and oxygen atoms in total. The Balaban J connectivity index is 1.74. The van der Waals surface area contributed by atoms with E-state index in [-0.39, 0.29) is 5.82 Å². The van der Waals surface area contributed by atoms with E-state index >= 15 is 0 Å². The van der Waals surface area contributed by atoms with E-state index in [0.717, 1.165) is 18.4 Å². The van der Waals surface area contributed by atoms with Gasteiger partial charge in [0, 0.05) is 19.6 Å². The predicted octanol–water partition coefficient (Wildman–Crippen LogP) is 1.74. The number of rotatable bonds is 3. The van der Waals surface area contributed by atoms with Gasteiger partial charge >= 0.3 is 11.8 Å². The van der Waals surface area contributed by atoms with Gasteiger partial charge in [0.1, 0.15) is 5.82 Å². The van der Waals surface area contributed by atoms with E-state index in [1.54, 1.807) is 17.0 Å². The van der Waals surface area contributed by atoms with Gasteiger partial charge in [-0.05, 0) is 42.9 Å². The Kier molecular flexibility index (Phi) is 5.31. The van der Waals surface area contributed by atoms with Crippen molar-refractivity contribution in [2.45, 2.75) is 26.2 Å². The molecule has 1 N–H and O–H groups in total. The van der Waals surface area contributed by atoms with Gasteiger partial charge in [-0.1, -0.05) is 19.1 Å². The van der Waals surface area contributed by atoms with Crippen molar-refractivity contribution >= 4 is 11.8 Å². The Morgan fingerprint density at radius 3 is 2.48 bits per heavy atom. The second kappa shape index (κ2) is 7.20. The lowest BCUT2D eigenvalue weighted by molar-refractivity contribution is -0.146. The third-order valence-electron chi connectivity index (χ3n) is 3.88. The Bertz CT molecular complexity index is 494. The van der Waals surface area contributed by atoms with Crippen molar-refractivity contribution in [3.8, 4) is 0 Å². The van der Waals surface area contributed by atoms with Crippen LogP contribution in [0.5, 0.6) is 0 Å². The van der Waals surface area contributed by atoms with Crippen molar-refractivity contribution in [2.75, 3.05) is 19.6 Å². The molecule has 1 aromatic rings. The molecular formula is C16H21FN2O2. The van der Waals surface area contributed by atoms with Gasteiger partial charge in [0.2, 0.25) is 0 Å². The number of benzene rings is 1. The number of piperidine rings is 1. The van der Waals surface area contributed by atoms with Gasteiger partial charge < -0.3 is 10.2 Å². The zero-order chi connectivity index (χ0) is 15.2. The fourth-order valence-corrected chi connectivity index (χ4v) is 2.40. The third kappa shape index (κ3) is 4.55. The summed E-state index contributed by atoms with van der Waals surface area (Å²) in [4.78, 5) is 25.4. The molecule has 0 atom stereocenters. The molecule has 1 fully saturated rings. The maximum Gasteiger partial charge on any atom is 0.311 e. The Morgan fingerprint density at radius 1 is 1.24 bits per heavy atom. The molecule has 5 heteroatoms. The van der Waals surface area contributed by atoms with E-state index < -0.39 is 11.8 Å². The van der Waals surface area contributed by atoms with Crippen LogP contribution in [0.25, 0.3) is 0 Å². The molecule has 21 heavy (non-hydrogen) atoms. The Hall–Kier alpha value is -1.91. The molecule has 2 amide bonds. The van der Waals surface area contributed by atoms with E-state index in [1.807, 2.05) is 0 Å². The van der Waals surface area contributed by atoms with Crippen LogP contribution in [0.15, 0.2) is 24.3 Å². The van der Waals surface area contributed by atoms with Gasteiger partial charge in [0.05, 0.1) is 0 Å². The van der Waals surface area contributed by atoms with Crippen LogP contribution >= 0.6 is 0 Å². The third-order valence-corrected chi connectivity index (χ3v) is 3.88. The van der Waals surface area contributed by atoms with Crippen LogP contribution in [0.1, 0.15) is 25.3 Å². The molecule has 1 aliphatic heterocycles. The summed E-state index contributed by atoms with van der Waals surface area (Å²) in [6.45, 7) is 3.85. The minimum absolute atomic E-state index is 0.280. The van der Waals surface area contributed by atoms with Crippen molar-refractivity contribution in [2.24, 2.45) is 5.92 Å². The molecular weight excluding hydrogens is 271 g/mol. The molecule has 1 aliphatic rings. The molecule has 0 radical (unpaired) electrons. The maximum absolute atomic E-state index is 12.8. The summed E-state index contributed by atoms with van der Waals surface area (Å²) >= 11 is 0. The van der Waals surface area contributed by atoms with Gasteiger partial charge in [-0.2, -0.15) is 0 Å². The lowest BCUT2D eigenvalue weighted by Crippen LogP contribution is -2.46. The van der Waals surface area contributed by atoms with Crippen molar-refractivity contribution in [3.05, 3.63) is 35.6 Å². The molecule has 0 aliphatic carbocycles. The van der Waals surface area contributed by atoms with Gasteiger partial charge in [0.15, 0.2) is 0 Å². The normalized spacial score (nSPS) is 15.8. The zero-order valence-corrected chi connectivity index (χ0v) is 12.3. The van der Waals surface area contributed by atoms with Crippen LogP contribution < -0.4 is 5.32 Å². The molecule has 0 unspecified atom stereocenters. The van der Waals surface area contributed by atoms with Crippen LogP contribution in [-0.2, 0) is 16.0 Å². The number of amides is 2. The van der Waals surface area contributed by atoms with Crippen LogP contribution in [0.2, 0.25) is 0 Å². The van der Waals surface area contributed by atoms with E-state index in [1.165, 1.54) is 12.1 Å². The maximum atomic E-state index is 12.8. The van der Waals surface area contributed by atoms with E-state index in [2.05, 4.69) is 12.2 Å². The number of hydrogen-bond acceptors (Lipinski definition) is 2. The van der Waals surface area contributed by atoms with Crippen molar-refractivity contribution in [1.29, 1.82) is 0 Å². The first kappa shape index (κ1) is 15.5. The molecule has 1 saturated heterocycles. The van der Waals surface area contributed by atoms with Crippen molar-refractivity contribution < 1.29 is 14.0 Å². The summed E-state index contributed by atoms with van der Waals surface area (Å²) in [5.41, 5.74) is 0.927. The lowest BCUT2D eigenvalue weighted by atomic mass is 9.99. The van der Waals surface area contributed by atoms with E-state index in [0.29, 0.717) is 32.0 Å². The quantitative estimate of drug-likeness (QED) is 0.863. The Morgan fingerprint density at radius 2 is 1.86 bits per heavy atom. The van der Waals surface area contributed by atoms with Crippen LogP contribution in [0, 0.1) is 11.7 Å². The Labute approximate surface area is 124 Å². The molecule has 2 rings (SSSR count). The summed E-state index contributed by atoms with van der Waals surface area (Å²) in [5.74, 6) is -0.652. The number of carbonyl (C=O) groups is 2. The van der Waals surface area contributed by atoms with E-state index in [9.17, 15) is 14.0 Å². The number of hydrogen-bond donors (Lipinski definition) is 1. The highest BCUT2D eigenvalue weighted by Crippen LogP contribution is 2.15. The van der Waals surface area contributed by atoms with Gasteiger partial charge in [-0.3, -0.25) is 9.59 Å².